The summed E-state index contributed by atoms with van der Waals surface area (Å²) in [6.07, 6.45) is 1.52. The monoisotopic (exact) mass is 511 g/mol. The molecular formula is C24H19BrClN3O3. The van der Waals surface area contributed by atoms with Crippen LogP contribution in [-0.2, 0) is 9.59 Å². The van der Waals surface area contributed by atoms with Crippen molar-refractivity contribution in [3.05, 3.63) is 86.1 Å². The molecule has 0 spiro atoms. The molecule has 0 radical (unpaired) electrons. The Labute approximate surface area is 198 Å². The molecule has 6 nitrogen and oxygen atoms in total. The number of nitrogens with zero attached hydrogens (tertiary/aromatic N) is 2. The number of imide groups is 2. The lowest BCUT2D eigenvalue weighted by molar-refractivity contribution is -0.122. The van der Waals surface area contributed by atoms with E-state index in [4.69, 9.17) is 11.6 Å². The average molecular weight is 513 g/mol. The molecule has 1 N–H and O–H groups in total. The van der Waals surface area contributed by atoms with Crippen molar-refractivity contribution >= 4 is 57.1 Å². The fraction of sp³-hybridized carbons (Fsp3) is 0.125. The number of aryl methyl sites for hydroxylation is 1. The van der Waals surface area contributed by atoms with Crippen molar-refractivity contribution in [2.24, 2.45) is 0 Å². The molecule has 1 aromatic heterocycles. The van der Waals surface area contributed by atoms with Gasteiger partial charge < -0.3 is 4.57 Å². The number of hydrogen-bond donors (Lipinski definition) is 1. The number of halogens is 2. The van der Waals surface area contributed by atoms with Crippen molar-refractivity contribution in [3.8, 4) is 5.69 Å². The molecule has 0 unspecified atom stereocenters. The van der Waals surface area contributed by atoms with Crippen LogP contribution in [0.1, 0.15) is 22.5 Å². The maximum absolute atomic E-state index is 13.3. The van der Waals surface area contributed by atoms with Crippen LogP contribution in [0.2, 0.25) is 5.02 Å². The van der Waals surface area contributed by atoms with Gasteiger partial charge in [-0.3, -0.25) is 14.9 Å². The molecule has 1 aliphatic heterocycles. The molecule has 2 heterocycles. The number of barbiturate groups is 1. The smallest absolute Gasteiger partial charge is 0.318 e. The van der Waals surface area contributed by atoms with E-state index in [1.165, 1.54) is 6.08 Å². The quantitative estimate of drug-likeness (QED) is 0.373. The van der Waals surface area contributed by atoms with Gasteiger partial charge in [0, 0.05) is 26.6 Å². The van der Waals surface area contributed by atoms with Gasteiger partial charge in [0.2, 0.25) is 0 Å². The summed E-state index contributed by atoms with van der Waals surface area (Å²) >= 11 is 9.66. The molecular weight excluding hydrogens is 494 g/mol. The highest BCUT2D eigenvalue weighted by Gasteiger charge is 2.37. The third-order valence-electron chi connectivity index (χ3n) is 5.42. The van der Waals surface area contributed by atoms with Crippen molar-refractivity contribution in [2.75, 3.05) is 4.90 Å². The Balaban J connectivity index is 1.79. The summed E-state index contributed by atoms with van der Waals surface area (Å²) in [6.45, 7) is 5.57. The molecule has 8 heteroatoms. The van der Waals surface area contributed by atoms with Crippen LogP contribution < -0.4 is 10.2 Å². The third-order valence-corrected chi connectivity index (χ3v) is 6.32. The summed E-state index contributed by atoms with van der Waals surface area (Å²) in [5, 5.41) is 2.68. The third kappa shape index (κ3) is 3.78. The number of rotatable bonds is 3. The van der Waals surface area contributed by atoms with E-state index in [-0.39, 0.29) is 5.57 Å². The van der Waals surface area contributed by atoms with E-state index in [0.29, 0.717) is 21.8 Å². The number of hydrogen-bond acceptors (Lipinski definition) is 3. The largest absolute Gasteiger partial charge is 0.335 e. The second-order valence-electron chi connectivity index (χ2n) is 7.48. The molecule has 1 aliphatic rings. The SMILES string of the molecule is Cc1c(Cl)cccc1N1C(=O)NC(=O)/C(=C\c2cc(C)n(-c3cccc(Br)c3)c2C)C1=O. The number of carbonyl (C=O) groups is 3. The summed E-state index contributed by atoms with van der Waals surface area (Å²) in [6, 6.07) is 13.9. The number of amides is 4. The van der Waals surface area contributed by atoms with Gasteiger partial charge in [0.1, 0.15) is 5.57 Å². The minimum Gasteiger partial charge on any atom is -0.318 e. The summed E-state index contributed by atoms with van der Waals surface area (Å²) in [5.41, 5.74) is 4.23. The minimum atomic E-state index is -0.804. The lowest BCUT2D eigenvalue weighted by Gasteiger charge is -2.27. The zero-order chi connectivity index (χ0) is 23.2. The first-order valence-corrected chi connectivity index (χ1v) is 11.0. The van der Waals surface area contributed by atoms with Gasteiger partial charge in [-0.15, -0.1) is 0 Å². The van der Waals surface area contributed by atoms with E-state index in [1.807, 2.05) is 48.7 Å². The van der Waals surface area contributed by atoms with Crippen LogP contribution in [-0.4, -0.2) is 22.4 Å². The predicted octanol–water partition coefficient (Wildman–Crippen LogP) is 5.48. The second kappa shape index (κ2) is 8.41. The molecule has 0 aliphatic carbocycles. The number of benzene rings is 2. The minimum absolute atomic E-state index is 0.126. The molecule has 162 valence electrons. The molecule has 3 aromatic rings. The van der Waals surface area contributed by atoms with Crippen molar-refractivity contribution in [3.63, 3.8) is 0 Å². The standard InChI is InChI=1S/C24H19BrClN3O3/c1-13-10-16(15(3)28(13)18-7-4-6-17(25)12-18)11-19-22(30)27-24(32)29(23(19)31)21-9-5-8-20(26)14(21)2/h4-12H,1-3H3,(H,27,30,32)/b19-11+. The number of anilines is 1. The fourth-order valence-corrected chi connectivity index (χ4v) is 4.37. The molecule has 1 saturated heterocycles. The maximum Gasteiger partial charge on any atom is 0.335 e. The highest BCUT2D eigenvalue weighted by atomic mass is 79.9. The molecule has 0 atom stereocenters. The van der Waals surface area contributed by atoms with E-state index in [0.717, 1.165) is 26.4 Å². The molecule has 4 rings (SSSR count). The van der Waals surface area contributed by atoms with E-state index >= 15 is 0 Å². The Hall–Kier alpha value is -3.16. The highest BCUT2D eigenvalue weighted by molar-refractivity contribution is 9.10. The molecule has 0 bridgehead atoms. The normalized spacial score (nSPS) is 15.5. The Morgan fingerprint density at radius 3 is 2.44 bits per heavy atom. The second-order valence-corrected chi connectivity index (χ2v) is 8.81. The predicted molar refractivity (Wildman–Crippen MR) is 128 cm³/mol. The van der Waals surface area contributed by atoms with E-state index < -0.39 is 17.8 Å². The first-order chi connectivity index (χ1) is 15.2. The number of aromatic nitrogens is 1. The highest BCUT2D eigenvalue weighted by Crippen LogP contribution is 2.30. The number of carbonyl (C=O) groups excluding carboxylic acids is 3. The van der Waals surface area contributed by atoms with Crippen LogP contribution in [0.5, 0.6) is 0 Å². The zero-order valence-corrected chi connectivity index (χ0v) is 19.9. The first kappa shape index (κ1) is 22.0. The Kier molecular flexibility index (Phi) is 5.79. The van der Waals surface area contributed by atoms with Crippen molar-refractivity contribution < 1.29 is 14.4 Å². The Morgan fingerprint density at radius 2 is 1.72 bits per heavy atom. The van der Waals surface area contributed by atoms with Crippen molar-refractivity contribution in [1.82, 2.24) is 9.88 Å². The van der Waals surface area contributed by atoms with Gasteiger partial charge in [0.15, 0.2) is 0 Å². The molecule has 32 heavy (non-hydrogen) atoms. The Bertz CT molecular complexity index is 1330. The van der Waals surface area contributed by atoms with Gasteiger partial charge in [-0.05, 0) is 74.4 Å². The van der Waals surface area contributed by atoms with Crippen LogP contribution in [0.15, 0.2) is 58.6 Å². The van der Waals surface area contributed by atoms with Crippen LogP contribution in [0.4, 0.5) is 10.5 Å². The topological polar surface area (TPSA) is 71.4 Å². The van der Waals surface area contributed by atoms with Crippen molar-refractivity contribution in [1.29, 1.82) is 0 Å². The summed E-state index contributed by atoms with van der Waals surface area (Å²) in [5.74, 6) is -1.43. The van der Waals surface area contributed by atoms with Gasteiger partial charge >= 0.3 is 6.03 Å². The van der Waals surface area contributed by atoms with Gasteiger partial charge in [-0.2, -0.15) is 0 Å². The van der Waals surface area contributed by atoms with Gasteiger partial charge in [-0.1, -0.05) is 39.7 Å². The van der Waals surface area contributed by atoms with Crippen LogP contribution in [0, 0.1) is 20.8 Å². The number of nitrogens with one attached hydrogen (secondary N) is 1. The summed E-state index contributed by atoms with van der Waals surface area (Å²) in [7, 11) is 0. The van der Waals surface area contributed by atoms with E-state index in [9.17, 15) is 14.4 Å². The zero-order valence-electron chi connectivity index (χ0n) is 17.6. The van der Waals surface area contributed by atoms with E-state index in [1.54, 1.807) is 25.1 Å². The van der Waals surface area contributed by atoms with Gasteiger partial charge in [0.05, 0.1) is 5.69 Å². The van der Waals surface area contributed by atoms with Crippen LogP contribution in [0.3, 0.4) is 0 Å². The molecule has 4 amide bonds. The maximum atomic E-state index is 13.3. The Morgan fingerprint density at radius 1 is 1.00 bits per heavy atom. The van der Waals surface area contributed by atoms with Crippen LogP contribution in [0.25, 0.3) is 11.8 Å². The summed E-state index contributed by atoms with van der Waals surface area (Å²) in [4.78, 5) is 39.3. The van der Waals surface area contributed by atoms with E-state index in [2.05, 4.69) is 21.2 Å². The molecule has 1 fully saturated rings. The molecule has 2 aromatic carbocycles. The average Bonchev–Trinajstić information content (AvgIpc) is 3.01. The summed E-state index contributed by atoms with van der Waals surface area (Å²) < 4.78 is 2.97. The van der Waals surface area contributed by atoms with Gasteiger partial charge in [-0.25, -0.2) is 9.69 Å². The van der Waals surface area contributed by atoms with Crippen LogP contribution >= 0.6 is 27.5 Å². The number of urea groups is 1. The fourth-order valence-electron chi connectivity index (χ4n) is 3.82. The van der Waals surface area contributed by atoms with Crippen molar-refractivity contribution in [2.45, 2.75) is 20.8 Å². The molecule has 0 saturated carbocycles. The van der Waals surface area contributed by atoms with Gasteiger partial charge in [0.25, 0.3) is 11.8 Å². The lowest BCUT2D eigenvalue weighted by Crippen LogP contribution is -2.54. The lowest BCUT2D eigenvalue weighted by atomic mass is 10.1. The first-order valence-electron chi connectivity index (χ1n) is 9.80.